The summed E-state index contributed by atoms with van der Waals surface area (Å²) in [6.07, 6.45) is 3.16. The molecule has 0 fully saturated rings. The molecule has 1 amide bonds. The SMILES string of the molecule is CN(Cc1nc2ccccc2s1)C(=O)/C=C/c1cccc(Cl)c1Cl. The summed E-state index contributed by atoms with van der Waals surface area (Å²) in [5.41, 5.74) is 1.67. The molecule has 0 spiro atoms. The third-order valence-corrected chi connectivity index (χ3v) is 5.33. The molecule has 0 N–H and O–H groups in total. The Morgan fingerprint density at radius 2 is 2.00 bits per heavy atom. The van der Waals surface area contributed by atoms with Crippen molar-refractivity contribution < 1.29 is 4.79 Å². The minimum Gasteiger partial charge on any atom is -0.335 e. The Balaban J connectivity index is 1.70. The first-order valence-corrected chi connectivity index (χ1v) is 8.83. The van der Waals surface area contributed by atoms with Crippen LogP contribution in [0.15, 0.2) is 48.5 Å². The van der Waals surface area contributed by atoms with E-state index in [1.807, 2.05) is 30.3 Å². The molecule has 3 rings (SSSR count). The van der Waals surface area contributed by atoms with Gasteiger partial charge in [0.25, 0.3) is 0 Å². The van der Waals surface area contributed by atoms with Crippen LogP contribution < -0.4 is 0 Å². The highest BCUT2D eigenvalue weighted by Gasteiger charge is 2.10. The molecule has 1 heterocycles. The summed E-state index contributed by atoms with van der Waals surface area (Å²) in [6.45, 7) is 0.464. The van der Waals surface area contributed by atoms with Gasteiger partial charge in [-0.2, -0.15) is 0 Å². The summed E-state index contributed by atoms with van der Waals surface area (Å²) < 4.78 is 1.12. The largest absolute Gasteiger partial charge is 0.335 e. The molecule has 0 aliphatic carbocycles. The van der Waals surface area contributed by atoms with Gasteiger partial charge in [-0.15, -0.1) is 11.3 Å². The van der Waals surface area contributed by atoms with Gasteiger partial charge < -0.3 is 4.90 Å². The maximum atomic E-state index is 12.3. The van der Waals surface area contributed by atoms with Gasteiger partial charge >= 0.3 is 0 Å². The van der Waals surface area contributed by atoms with Gasteiger partial charge in [-0.05, 0) is 29.8 Å². The number of hydrogen-bond donors (Lipinski definition) is 0. The molecule has 6 heteroatoms. The van der Waals surface area contributed by atoms with Gasteiger partial charge in [-0.1, -0.05) is 47.5 Å². The Bertz CT molecular complexity index is 887. The lowest BCUT2D eigenvalue weighted by Crippen LogP contribution is -2.23. The zero-order valence-corrected chi connectivity index (χ0v) is 15.2. The topological polar surface area (TPSA) is 33.2 Å². The molecule has 3 nitrogen and oxygen atoms in total. The highest BCUT2D eigenvalue weighted by atomic mass is 35.5. The number of amides is 1. The van der Waals surface area contributed by atoms with Crippen LogP contribution in [0, 0.1) is 0 Å². The van der Waals surface area contributed by atoms with Crippen molar-refractivity contribution >= 4 is 56.7 Å². The Morgan fingerprint density at radius 1 is 1.21 bits per heavy atom. The molecule has 0 saturated carbocycles. The Labute approximate surface area is 154 Å². The molecule has 0 atom stereocenters. The average molecular weight is 377 g/mol. The van der Waals surface area contributed by atoms with E-state index in [9.17, 15) is 4.79 Å². The number of carbonyl (C=O) groups is 1. The van der Waals surface area contributed by atoms with Crippen molar-refractivity contribution in [3.63, 3.8) is 0 Å². The molecular weight excluding hydrogens is 363 g/mol. The Hall–Kier alpha value is -1.88. The van der Waals surface area contributed by atoms with Crippen molar-refractivity contribution in [3.8, 4) is 0 Å². The second kappa shape index (κ2) is 7.34. The van der Waals surface area contributed by atoms with Crippen LogP contribution in [0.5, 0.6) is 0 Å². The van der Waals surface area contributed by atoms with E-state index in [1.54, 1.807) is 41.5 Å². The van der Waals surface area contributed by atoms with E-state index in [-0.39, 0.29) is 5.91 Å². The van der Waals surface area contributed by atoms with E-state index in [2.05, 4.69) is 4.98 Å². The summed E-state index contributed by atoms with van der Waals surface area (Å²) in [5.74, 6) is -0.120. The van der Waals surface area contributed by atoms with Crippen LogP contribution in [-0.2, 0) is 11.3 Å². The number of para-hydroxylation sites is 1. The van der Waals surface area contributed by atoms with Gasteiger partial charge in [0.15, 0.2) is 0 Å². The molecule has 0 aliphatic rings. The number of carbonyl (C=O) groups excluding carboxylic acids is 1. The maximum Gasteiger partial charge on any atom is 0.246 e. The van der Waals surface area contributed by atoms with Gasteiger partial charge in [-0.25, -0.2) is 4.98 Å². The summed E-state index contributed by atoms with van der Waals surface area (Å²) in [5, 5.41) is 1.81. The summed E-state index contributed by atoms with van der Waals surface area (Å²) in [4.78, 5) is 18.4. The standard InChI is InChI=1S/C18H14Cl2N2OS/c1-22(11-16-21-14-7-2-3-8-15(14)24-16)17(23)10-9-12-5-4-6-13(19)18(12)20/h2-10H,11H2,1H3/b10-9+. The van der Waals surface area contributed by atoms with Crippen LogP contribution in [0.2, 0.25) is 10.0 Å². The van der Waals surface area contributed by atoms with E-state index >= 15 is 0 Å². The molecule has 0 unspecified atom stereocenters. The second-order valence-corrected chi connectivity index (χ2v) is 7.15. The quantitative estimate of drug-likeness (QED) is 0.580. The molecule has 0 aliphatic heterocycles. The number of thiazole rings is 1. The first kappa shape index (κ1) is 17.0. The van der Waals surface area contributed by atoms with Gasteiger partial charge in [0.05, 0.1) is 26.8 Å². The van der Waals surface area contributed by atoms with Crippen LogP contribution in [0.1, 0.15) is 10.6 Å². The summed E-state index contributed by atoms with van der Waals surface area (Å²) in [7, 11) is 1.75. The molecule has 3 aromatic rings. The van der Waals surface area contributed by atoms with Gasteiger partial charge in [0.1, 0.15) is 5.01 Å². The number of nitrogens with zero attached hydrogens (tertiary/aromatic N) is 2. The first-order chi connectivity index (χ1) is 11.5. The van der Waals surface area contributed by atoms with Crippen LogP contribution >= 0.6 is 34.5 Å². The minimum atomic E-state index is -0.120. The predicted molar refractivity (Wildman–Crippen MR) is 102 cm³/mol. The third-order valence-electron chi connectivity index (χ3n) is 3.47. The first-order valence-electron chi connectivity index (χ1n) is 7.26. The molecule has 0 bridgehead atoms. The van der Waals surface area contributed by atoms with Crippen molar-refractivity contribution in [1.82, 2.24) is 9.88 Å². The van der Waals surface area contributed by atoms with Gasteiger partial charge in [0.2, 0.25) is 5.91 Å². The number of rotatable bonds is 4. The summed E-state index contributed by atoms with van der Waals surface area (Å²) >= 11 is 13.7. The smallest absolute Gasteiger partial charge is 0.246 e. The van der Waals surface area contributed by atoms with Crippen molar-refractivity contribution in [2.45, 2.75) is 6.54 Å². The maximum absolute atomic E-state index is 12.3. The molecule has 122 valence electrons. The van der Waals surface area contributed by atoms with Crippen LogP contribution in [0.25, 0.3) is 16.3 Å². The lowest BCUT2D eigenvalue weighted by Gasteiger charge is -2.12. The highest BCUT2D eigenvalue weighted by Crippen LogP contribution is 2.26. The van der Waals surface area contributed by atoms with E-state index in [1.165, 1.54) is 6.08 Å². The lowest BCUT2D eigenvalue weighted by atomic mass is 10.2. The van der Waals surface area contributed by atoms with Gasteiger partial charge in [-0.3, -0.25) is 4.79 Å². The second-order valence-electron chi connectivity index (χ2n) is 5.25. The molecule has 1 aromatic heterocycles. The number of benzene rings is 2. The zero-order chi connectivity index (χ0) is 17.1. The van der Waals surface area contributed by atoms with E-state index in [0.29, 0.717) is 22.2 Å². The van der Waals surface area contributed by atoms with Crippen molar-refractivity contribution in [3.05, 3.63) is 69.2 Å². The van der Waals surface area contributed by atoms with Crippen molar-refractivity contribution in [1.29, 1.82) is 0 Å². The molecular formula is C18H14Cl2N2OS. The number of fused-ring (bicyclic) bond motifs is 1. The van der Waals surface area contributed by atoms with E-state index < -0.39 is 0 Å². The van der Waals surface area contributed by atoms with Crippen LogP contribution in [0.4, 0.5) is 0 Å². The fourth-order valence-electron chi connectivity index (χ4n) is 2.21. The fourth-order valence-corrected chi connectivity index (χ4v) is 3.60. The third kappa shape index (κ3) is 3.78. The average Bonchev–Trinajstić information content (AvgIpc) is 2.98. The van der Waals surface area contributed by atoms with Crippen molar-refractivity contribution in [2.24, 2.45) is 0 Å². The normalized spacial score (nSPS) is 11.3. The molecule has 0 saturated heterocycles. The van der Waals surface area contributed by atoms with Crippen molar-refractivity contribution in [2.75, 3.05) is 7.05 Å². The Morgan fingerprint density at radius 3 is 2.79 bits per heavy atom. The van der Waals surface area contributed by atoms with Gasteiger partial charge in [0, 0.05) is 13.1 Å². The monoisotopic (exact) mass is 376 g/mol. The molecule has 2 aromatic carbocycles. The van der Waals surface area contributed by atoms with E-state index in [4.69, 9.17) is 23.2 Å². The number of hydrogen-bond acceptors (Lipinski definition) is 3. The molecule has 24 heavy (non-hydrogen) atoms. The highest BCUT2D eigenvalue weighted by molar-refractivity contribution is 7.18. The fraction of sp³-hybridized carbons (Fsp3) is 0.111. The number of likely N-dealkylation sites (N-methyl/N-ethyl adjacent to an activating group) is 1. The predicted octanol–water partition coefficient (Wildman–Crippen LogP) is 5.27. The number of halogens is 2. The lowest BCUT2D eigenvalue weighted by molar-refractivity contribution is -0.125. The number of aromatic nitrogens is 1. The van der Waals surface area contributed by atoms with Crippen LogP contribution in [-0.4, -0.2) is 22.8 Å². The Kier molecular flexibility index (Phi) is 5.19. The van der Waals surface area contributed by atoms with E-state index in [0.717, 1.165) is 15.2 Å². The minimum absolute atomic E-state index is 0.120. The zero-order valence-electron chi connectivity index (χ0n) is 12.9. The molecule has 0 radical (unpaired) electrons. The summed E-state index contributed by atoms with van der Waals surface area (Å²) in [6, 6.07) is 13.3. The van der Waals surface area contributed by atoms with Crippen LogP contribution in [0.3, 0.4) is 0 Å².